The van der Waals surface area contributed by atoms with Crippen LogP contribution in [0.1, 0.15) is 5.56 Å². The first kappa shape index (κ1) is 13.9. The molecule has 0 aromatic heterocycles. The van der Waals surface area contributed by atoms with Crippen molar-refractivity contribution in [3.05, 3.63) is 66.2 Å². The third-order valence-electron chi connectivity index (χ3n) is 2.05. The predicted molar refractivity (Wildman–Crippen MR) is 72.6 cm³/mol. The molecule has 2 aromatic carbocycles. The number of para-hydroxylation sites is 1. The predicted octanol–water partition coefficient (Wildman–Crippen LogP) is 3.07. The lowest BCUT2D eigenvalue weighted by Gasteiger charge is -2.00. The fourth-order valence-corrected chi connectivity index (χ4v) is 1.34. The van der Waals surface area contributed by atoms with Gasteiger partial charge in [-0.05, 0) is 18.6 Å². The van der Waals surface area contributed by atoms with Gasteiger partial charge in [-0.15, -0.1) is 0 Å². The summed E-state index contributed by atoms with van der Waals surface area (Å²) < 4.78 is 23.2. The Hall–Kier alpha value is -2.14. The summed E-state index contributed by atoms with van der Waals surface area (Å²) in [5.41, 5.74) is 4.07. The van der Waals surface area contributed by atoms with Crippen molar-refractivity contribution in [1.82, 2.24) is 0 Å². The Morgan fingerprint density at radius 2 is 1.39 bits per heavy atom. The molecular weight excluding hydrogens is 248 g/mol. The molecule has 0 aliphatic heterocycles. The smallest absolute Gasteiger partial charge is 0.263 e. The van der Waals surface area contributed by atoms with Crippen LogP contribution in [0.15, 0.2) is 65.1 Å². The van der Waals surface area contributed by atoms with Crippen molar-refractivity contribution < 1.29 is 8.42 Å². The van der Waals surface area contributed by atoms with Crippen molar-refractivity contribution in [3.63, 3.8) is 0 Å². The van der Waals surface area contributed by atoms with Crippen molar-refractivity contribution in [2.45, 2.75) is 6.92 Å². The van der Waals surface area contributed by atoms with Gasteiger partial charge in [0, 0.05) is 0 Å². The van der Waals surface area contributed by atoms with Crippen LogP contribution in [0.2, 0.25) is 0 Å². The van der Waals surface area contributed by atoms with Crippen LogP contribution in [-0.2, 0) is 10.5 Å². The van der Waals surface area contributed by atoms with Gasteiger partial charge in [-0.1, -0.05) is 59.1 Å². The van der Waals surface area contributed by atoms with Crippen molar-refractivity contribution in [1.29, 1.82) is 0 Å². The summed E-state index contributed by atoms with van der Waals surface area (Å²) in [6.07, 6.45) is 0. The summed E-state index contributed by atoms with van der Waals surface area (Å²) in [6.45, 7) is 1.87. The van der Waals surface area contributed by atoms with Crippen LogP contribution in [0.3, 0.4) is 0 Å². The summed E-state index contributed by atoms with van der Waals surface area (Å²) in [4.78, 5) is 0. The maximum absolute atomic E-state index is 10.1. The molecule has 18 heavy (non-hydrogen) atoms. The van der Waals surface area contributed by atoms with Crippen LogP contribution in [0, 0.1) is 6.92 Å². The highest BCUT2D eigenvalue weighted by Crippen LogP contribution is 2.12. The number of rotatable bonds is 2. The van der Waals surface area contributed by atoms with E-state index in [1.165, 1.54) is 0 Å². The molecule has 0 atom stereocenters. The third kappa shape index (κ3) is 5.81. The summed E-state index contributed by atoms with van der Waals surface area (Å²) in [5, 5.41) is 0. The van der Waals surface area contributed by atoms with Crippen LogP contribution in [-0.4, -0.2) is 8.42 Å². The molecule has 0 unspecified atom stereocenters. The van der Waals surface area contributed by atoms with E-state index in [2.05, 4.69) is 9.90 Å². The van der Waals surface area contributed by atoms with E-state index >= 15 is 0 Å². The summed E-state index contributed by atoms with van der Waals surface area (Å²) in [6, 6.07) is 19.3. The molecule has 2 aromatic rings. The molecule has 0 heterocycles. The largest absolute Gasteiger partial charge is 0.332 e. The first-order chi connectivity index (χ1) is 8.70. The summed E-state index contributed by atoms with van der Waals surface area (Å²) in [5.74, 6) is 0. The van der Waals surface area contributed by atoms with E-state index in [0.717, 1.165) is 5.56 Å². The summed E-state index contributed by atoms with van der Waals surface area (Å²) in [7, 11) is -2.41. The van der Waals surface area contributed by atoms with Crippen molar-refractivity contribution in [2.24, 2.45) is 4.47 Å². The molecule has 94 valence electrons. The van der Waals surface area contributed by atoms with Gasteiger partial charge in [-0.2, -0.15) is 8.42 Å². The molecular formula is C13H14N2O2S. The SMILES string of the molecule is Cc1ccccc1NN=S(=O)=O.c1ccccc1. The van der Waals surface area contributed by atoms with Gasteiger partial charge in [-0.3, -0.25) is 5.43 Å². The van der Waals surface area contributed by atoms with E-state index in [9.17, 15) is 8.42 Å². The first-order valence-corrected chi connectivity index (χ1v) is 6.35. The van der Waals surface area contributed by atoms with Gasteiger partial charge in [-0.25, -0.2) is 0 Å². The quantitative estimate of drug-likeness (QED) is 0.846. The van der Waals surface area contributed by atoms with Crippen LogP contribution in [0.25, 0.3) is 0 Å². The second kappa shape index (κ2) is 8.03. The number of nitrogens with zero attached hydrogens (tertiary/aromatic N) is 1. The molecule has 5 heteroatoms. The summed E-state index contributed by atoms with van der Waals surface area (Å²) >= 11 is 0. The Kier molecular flexibility index (Phi) is 6.21. The molecule has 0 aliphatic rings. The molecule has 4 nitrogen and oxygen atoms in total. The highest BCUT2D eigenvalue weighted by molar-refractivity contribution is 7.61. The molecule has 0 bridgehead atoms. The van der Waals surface area contributed by atoms with E-state index in [1.807, 2.05) is 55.5 Å². The van der Waals surface area contributed by atoms with Gasteiger partial charge in [0.2, 0.25) is 0 Å². The minimum absolute atomic E-state index is 0.696. The maximum Gasteiger partial charge on any atom is 0.332 e. The lowest BCUT2D eigenvalue weighted by atomic mass is 10.2. The van der Waals surface area contributed by atoms with Gasteiger partial charge in [0.1, 0.15) is 0 Å². The molecule has 0 radical (unpaired) electrons. The average molecular weight is 262 g/mol. The third-order valence-corrected chi connectivity index (χ3v) is 2.29. The number of hydrogen-bond donors (Lipinski definition) is 1. The second-order valence-corrected chi connectivity index (χ2v) is 4.01. The fraction of sp³-hybridized carbons (Fsp3) is 0.0769. The zero-order valence-electron chi connectivity index (χ0n) is 9.95. The Balaban J connectivity index is 0.000000225. The highest BCUT2D eigenvalue weighted by Gasteiger charge is 1.92. The number of hydrogen-bond acceptors (Lipinski definition) is 3. The molecule has 0 amide bonds. The molecule has 0 aliphatic carbocycles. The van der Waals surface area contributed by atoms with E-state index in [0.29, 0.717) is 5.69 Å². The lowest BCUT2D eigenvalue weighted by Crippen LogP contribution is -1.89. The molecule has 1 N–H and O–H groups in total. The van der Waals surface area contributed by atoms with E-state index in [4.69, 9.17) is 0 Å². The Morgan fingerprint density at radius 3 is 1.83 bits per heavy atom. The number of aryl methyl sites for hydroxylation is 1. The molecule has 2 rings (SSSR count). The first-order valence-electron chi connectivity index (χ1n) is 5.32. The van der Waals surface area contributed by atoms with Crippen molar-refractivity contribution >= 4 is 16.2 Å². The van der Waals surface area contributed by atoms with Gasteiger partial charge in [0.05, 0.1) is 5.69 Å². The molecule has 0 spiro atoms. The number of benzene rings is 2. The Morgan fingerprint density at radius 1 is 0.889 bits per heavy atom. The average Bonchev–Trinajstić information content (AvgIpc) is 2.40. The van der Waals surface area contributed by atoms with Gasteiger partial charge < -0.3 is 0 Å². The maximum atomic E-state index is 10.1. The lowest BCUT2D eigenvalue weighted by molar-refractivity contribution is 0.621. The topological polar surface area (TPSA) is 58.5 Å². The zero-order chi connectivity index (χ0) is 13.2. The van der Waals surface area contributed by atoms with Crippen LogP contribution >= 0.6 is 0 Å². The molecule has 0 saturated carbocycles. The normalized spacial score (nSPS) is 8.72. The molecule has 0 fully saturated rings. The van der Waals surface area contributed by atoms with E-state index in [1.54, 1.807) is 12.1 Å². The van der Waals surface area contributed by atoms with Crippen LogP contribution in [0.4, 0.5) is 5.69 Å². The van der Waals surface area contributed by atoms with E-state index in [-0.39, 0.29) is 0 Å². The minimum Gasteiger partial charge on any atom is -0.263 e. The number of nitrogens with one attached hydrogen (secondary N) is 1. The molecule has 0 saturated heterocycles. The Bertz CT molecular complexity index is 561. The van der Waals surface area contributed by atoms with Crippen LogP contribution < -0.4 is 5.43 Å². The number of anilines is 1. The van der Waals surface area contributed by atoms with Gasteiger partial charge in [0.25, 0.3) is 0 Å². The zero-order valence-corrected chi connectivity index (χ0v) is 10.8. The minimum atomic E-state index is -2.41. The van der Waals surface area contributed by atoms with Crippen molar-refractivity contribution in [3.8, 4) is 0 Å². The van der Waals surface area contributed by atoms with Gasteiger partial charge >= 0.3 is 10.5 Å². The van der Waals surface area contributed by atoms with E-state index < -0.39 is 10.5 Å². The highest BCUT2D eigenvalue weighted by atomic mass is 32.2. The monoisotopic (exact) mass is 262 g/mol. The fourth-order valence-electron chi connectivity index (χ4n) is 1.17. The second-order valence-electron chi connectivity index (χ2n) is 3.39. The van der Waals surface area contributed by atoms with Crippen LogP contribution in [0.5, 0.6) is 0 Å². The standard InChI is InChI=1S/C7H8N2O2S.C6H6/c1-6-4-2-3-5-7(6)8-9-12(10)11;1-2-4-6-5-3-1/h2-5,8H,1H3;1-6H. The van der Waals surface area contributed by atoms with Crippen molar-refractivity contribution in [2.75, 3.05) is 5.43 Å². The van der Waals surface area contributed by atoms with Gasteiger partial charge in [0.15, 0.2) is 0 Å². The Labute approximate surface area is 108 Å².